The Hall–Kier alpha value is -4.36. The third-order valence-corrected chi connectivity index (χ3v) is 6.43. The molecule has 1 fully saturated rings. The first kappa shape index (κ1) is 27.7. The number of allylic oxidation sites excluding steroid dienone is 1. The number of hydrogen-bond acceptors (Lipinski definition) is 8. The molecular weight excluding hydrogens is 521 g/mol. The van der Waals surface area contributed by atoms with Crippen LogP contribution in [0.3, 0.4) is 0 Å². The summed E-state index contributed by atoms with van der Waals surface area (Å²) in [7, 11) is 0. The van der Waals surface area contributed by atoms with E-state index in [1.165, 1.54) is 38.4 Å². The molecule has 0 bridgehead atoms. The van der Waals surface area contributed by atoms with E-state index in [4.69, 9.17) is 4.74 Å². The number of carboxylic acids is 1. The number of carbonyl (C=O) groups is 3. The van der Waals surface area contributed by atoms with Crippen LogP contribution in [-0.4, -0.2) is 70.1 Å². The molecule has 3 N–H and O–H groups in total. The summed E-state index contributed by atoms with van der Waals surface area (Å²) >= 11 is 0. The molecule has 4 rings (SSSR count). The second-order valence-corrected chi connectivity index (χ2v) is 9.76. The summed E-state index contributed by atoms with van der Waals surface area (Å²) < 4.78 is 44.9. The van der Waals surface area contributed by atoms with Gasteiger partial charge in [0.15, 0.2) is 0 Å². The topological polar surface area (TPSA) is 137 Å². The minimum absolute atomic E-state index is 0.115. The van der Waals surface area contributed by atoms with Gasteiger partial charge in [-0.3, -0.25) is 14.4 Å². The number of anilines is 2. The Morgan fingerprint density at radius 3 is 2.23 bits per heavy atom. The lowest BCUT2D eigenvalue weighted by Gasteiger charge is -2.35. The number of benzene rings is 1. The number of aromatic nitrogens is 2. The Morgan fingerprint density at radius 1 is 1.08 bits per heavy atom. The van der Waals surface area contributed by atoms with Gasteiger partial charge in [-0.05, 0) is 13.8 Å². The molecule has 0 radical (unpaired) electrons. The number of carboxylic acid groups (broad SMARTS) is 1. The van der Waals surface area contributed by atoms with Gasteiger partial charge in [0.25, 0.3) is 11.6 Å². The average molecular weight is 549 g/mol. The van der Waals surface area contributed by atoms with Gasteiger partial charge in [-0.25, -0.2) is 9.97 Å². The van der Waals surface area contributed by atoms with E-state index in [2.05, 4.69) is 20.6 Å². The summed E-state index contributed by atoms with van der Waals surface area (Å²) in [5.74, 6) is -3.20. The third-order valence-electron chi connectivity index (χ3n) is 6.43. The monoisotopic (exact) mass is 548 g/mol. The maximum atomic E-state index is 13.3. The predicted octanol–water partition coefficient (Wildman–Crippen LogP) is 2.44. The number of halogens is 3. The second-order valence-electron chi connectivity index (χ2n) is 9.76. The molecular formula is C25H27F3N6O5. The zero-order chi connectivity index (χ0) is 28.4. The molecule has 1 saturated heterocycles. The van der Waals surface area contributed by atoms with Crippen molar-refractivity contribution in [3.05, 3.63) is 60.2 Å². The quantitative estimate of drug-likeness (QED) is 0.477. The summed E-state index contributed by atoms with van der Waals surface area (Å²) in [4.78, 5) is 48.9. The van der Waals surface area contributed by atoms with Gasteiger partial charge in [0.1, 0.15) is 0 Å². The molecule has 0 aliphatic carbocycles. The summed E-state index contributed by atoms with van der Waals surface area (Å²) in [6.07, 6.45) is -1.66. The molecule has 0 saturated carbocycles. The van der Waals surface area contributed by atoms with Crippen molar-refractivity contribution in [3.8, 4) is 0 Å². The largest absolute Gasteiger partial charge is 0.481 e. The first-order valence-electron chi connectivity index (χ1n) is 12.0. The summed E-state index contributed by atoms with van der Waals surface area (Å²) in [6.45, 7) is 4.53. The maximum Gasteiger partial charge on any atom is 0.450 e. The zero-order valence-corrected chi connectivity index (χ0v) is 21.2. The highest BCUT2D eigenvalue weighted by Crippen LogP contribution is 2.38. The molecule has 1 atom stereocenters. The Kier molecular flexibility index (Phi) is 7.39. The minimum atomic E-state index is -4.80. The fourth-order valence-electron chi connectivity index (χ4n) is 4.08. The van der Waals surface area contributed by atoms with Crippen LogP contribution in [0.25, 0.3) is 0 Å². The normalized spacial score (nSPS) is 19.6. The van der Waals surface area contributed by atoms with Crippen LogP contribution in [0.2, 0.25) is 0 Å². The van der Waals surface area contributed by atoms with Gasteiger partial charge in [-0.1, -0.05) is 30.3 Å². The van der Waals surface area contributed by atoms with Crippen LogP contribution >= 0.6 is 0 Å². The Morgan fingerprint density at radius 2 is 1.69 bits per heavy atom. The highest BCUT2D eigenvalue weighted by atomic mass is 19.4. The Balaban J connectivity index is 1.39. The maximum absolute atomic E-state index is 13.3. The van der Waals surface area contributed by atoms with Crippen molar-refractivity contribution >= 4 is 29.4 Å². The van der Waals surface area contributed by atoms with E-state index in [-0.39, 0.29) is 23.6 Å². The molecule has 39 heavy (non-hydrogen) atoms. The lowest BCUT2D eigenvalue weighted by atomic mass is 9.89. The van der Waals surface area contributed by atoms with E-state index < -0.39 is 35.0 Å². The molecule has 2 aliphatic rings. The Bertz CT molecular complexity index is 1260. The van der Waals surface area contributed by atoms with Crippen molar-refractivity contribution in [2.75, 3.05) is 36.4 Å². The van der Waals surface area contributed by atoms with Crippen LogP contribution in [0.4, 0.5) is 24.8 Å². The van der Waals surface area contributed by atoms with Crippen LogP contribution < -0.4 is 15.5 Å². The van der Waals surface area contributed by atoms with E-state index in [0.29, 0.717) is 38.3 Å². The number of hydrogen-bond donors (Lipinski definition) is 3. The number of ether oxygens (including phenoxy) is 1. The molecule has 1 unspecified atom stereocenters. The molecule has 14 heteroatoms. The highest BCUT2D eigenvalue weighted by molar-refractivity contribution is 5.98. The van der Waals surface area contributed by atoms with E-state index in [0.717, 1.165) is 0 Å². The van der Waals surface area contributed by atoms with E-state index in [1.807, 2.05) is 4.90 Å². The second kappa shape index (κ2) is 10.4. The van der Waals surface area contributed by atoms with Crippen molar-refractivity contribution < 1.29 is 37.4 Å². The first-order valence-corrected chi connectivity index (χ1v) is 12.0. The van der Waals surface area contributed by atoms with Crippen molar-refractivity contribution in [1.29, 1.82) is 0 Å². The fraction of sp³-hybridized carbons (Fsp3) is 0.400. The van der Waals surface area contributed by atoms with Gasteiger partial charge in [0.05, 0.1) is 23.5 Å². The highest BCUT2D eigenvalue weighted by Gasteiger charge is 2.52. The standard InChI is InChI=1S/C25H27F3N6O5/c1-23(2,21(37)38)12-19(35)33-8-10-34(11-9-33)22-29-13-17(14-30-22)32-20(36)24(16-6-4-3-5-7-16)31-15-18(39-24)25(26,27)28/h3-7,13-15,31H,8-12H2,1-2H3,(H,32,36)(H,37,38). The number of rotatable bonds is 7. The number of piperazine rings is 1. The fourth-order valence-corrected chi connectivity index (χ4v) is 4.08. The third kappa shape index (κ3) is 5.89. The predicted molar refractivity (Wildman–Crippen MR) is 132 cm³/mol. The molecule has 2 aromatic rings. The number of nitrogens with zero attached hydrogens (tertiary/aromatic N) is 4. The van der Waals surface area contributed by atoms with Crippen molar-refractivity contribution in [3.63, 3.8) is 0 Å². The van der Waals surface area contributed by atoms with Gasteiger partial charge < -0.3 is 30.3 Å². The van der Waals surface area contributed by atoms with Crippen molar-refractivity contribution in [2.24, 2.45) is 5.41 Å². The number of alkyl halides is 3. The number of nitrogens with one attached hydrogen (secondary N) is 2. The zero-order valence-electron chi connectivity index (χ0n) is 21.2. The van der Waals surface area contributed by atoms with Gasteiger partial charge in [0, 0.05) is 44.4 Å². The first-order chi connectivity index (χ1) is 18.3. The molecule has 208 valence electrons. The molecule has 3 heterocycles. The Labute approximate surface area is 221 Å². The van der Waals surface area contributed by atoms with E-state index in [9.17, 15) is 32.7 Å². The lowest BCUT2D eigenvalue weighted by Crippen LogP contribution is -2.50. The minimum Gasteiger partial charge on any atom is -0.481 e. The van der Waals surface area contributed by atoms with Crippen molar-refractivity contribution in [1.82, 2.24) is 20.2 Å². The average Bonchev–Trinajstić information content (AvgIpc) is 3.37. The van der Waals surface area contributed by atoms with Gasteiger partial charge in [0.2, 0.25) is 17.6 Å². The summed E-state index contributed by atoms with van der Waals surface area (Å²) in [5, 5.41) is 14.2. The van der Waals surface area contributed by atoms with Crippen LogP contribution in [0, 0.1) is 5.41 Å². The number of carbonyl (C=O) groups excluding carboxylic acids is 2. The SMILES string of the molecule is CC(C)(CC(=O)N1CCN(c2ncc(NC(=O)C3(c4ccccc4)NC=C(C(F)(F)F)O3)cn2)CC1)C(=O)O. The summed E-state index contributed by atoms with van der Waals surface area (Å²) in [6, 6.07) is 7.72. The van der Waals surface area contributed by atoms with E-state index >= 15 is 0 Å². The van der Waals surface area contributed by atoms with Crippen LogP contribution in [0.1, 0.15) is 25.8 Å². The van der Waals surface area contributed by atoms with Crippen LogP contribution in [0.15, 0.2) is 54.7 Å². The lowest BCUT2D eigenvalue weighted by molar-refractivity contribution is -0.163. The molecule has 11 nitrogen and oxygen atoms in total. The smallest absolute Gasteiger partial charge is 0.450 e. The van der Waals surface area contributed by atoms with Crippen LogP contribution in [0.5, 0.6) is 0 Å². The number of aliphatic carboxylic acids is 1. The van der Waals surface area contributed by atoms with Gasteiger partial charge in [-0.2, -0.15) is 13.2 Å². The van der Waals surface area contributed by atoms with E-state index in [1.54, 1.807) is 23.1 Å². The molecule has 1 aromatic carbocycles. The molecule has 2 aliphatic heterocycles. The van der Waals surface area contributed by atoms with Gasteiger partial charge >= 0.3 is 12.1 Å². The number of amides is 2. The van der Waals surface area contributed by atoms with Crippen LogP contribution in [-0.2, 0) is 24.8 Å². The summed E-state index contributed by atoms with van der Waals surface area (Å²) in [5.41, 5.74) is -3.02. The molecule has 0 spiro atoms. The molecule has 2 amide bonds. The molecule has 1 aromatic heterocycles. The van der Waals surface area contributed by atoms with Crippen molar-refractivity contribution in [2.45, 2.75) is 32.2 Å². The van der Waals surface area contributed by atoms with Gasteiger partial charge in [-0.15, -0.1) is 0 Å².